The molecule has 1 aromatic carbocycles. The van der Waals surface area contributed by atoms with E-state index in [-0.39, 0.29) is 18.9 Å². The number of carbonyl (C=O) groups is 2. The van der Waals surface area contributed by atoms with Crippen molar-refractivity contribution < 1.29 is 19.4 Å². The molecule has 1 aliphatic rings. The van der Waals surface area contributed by atoms with Crippen LogP contribution in [-0.2, 0) is 4.74 Å². The van der Waals surface area contributed by atoms with Gasteiger partial charge in [0.05, 0.1) is 5.69 Å². The first kappa shape index (κ1) is 15.5. The molecule has 2 rings (SSSR count). The number of amides is 1. The van der Waals surface area contributed by atoms with Crippen LogP contribution in [0.2, 0.25) is 0 Å². The highest BCUT2D eigenvalue weighted by atomic mass is 16.6. The molecule has 0 aliphatic carbocycles. The van der Waals surface area contributed by atoms with Crippen LogP contribution < -0.4 is 4.90 Å². The molecule has 0 aromatic heterocycles. The minimum atomic E-state index is -0.597. The van der Waals surface area contributed by atoms with Crippen molar-refractivity contribution in [1.29, 1.82) is 0 Å². The lowest BCUT2D eigenvalue weighted by Gasteiger charge is -2.34. The molecule has 1 heterocycles. The van der Waals surface area contributed by atoms with Crippen LogP contribution in [-0.4, -0.2) is 35.7 Å². The predicted octanol–water partition coefficient (Wildman–Crippen LogP) is 2.62. The number of Topliss-reactive ketones (excluding diaryl/α,β-unsaturated/α-hetero) is 1. The number of aliphatic hydroxyl groups excluding tert-OH is 1. The third kappa shape index (κ3) is 3.42. The van der Waals surface area contributed by atoms with Crippen molar-refractivity contribution in [3.63, 3.8) is 0 Å². The SMILES string of the molecule is CC(C)(C)OC(=O)N1CC(CCO)C(=O)c2ccccc21. The molecule has 21 heavy (non-hydrogen) atoms. The van der Waals surface area contributed by atoms with Gasteiger partial charge in [0.2, 0.25) is 0 Å². The monoisotopic (exact) mass is 291 g/mol. The lowest BCUT2D eigenvalue weighted by Crippen LogP contribution is -2.45. The van der Waals surface area contributed by atoms with Gasteiger partial charge in [0.15, 0.2) is 5.78 Å². The molecule has 1 aromatic rings. The van der Waals surface area contributed by atoms with Crippen LogP contribution in [0.25, 0.3) is 0 Å². The number of aliphatic hydroxyl groups is 1. The molecule has 1 unspecified atom stereocenters. The first-order chi connectivity index (χ1) is 9.83. The highest BCUT2D eigenvalue weighted by Crippen LogP contribution is 2.32. The van der Waals surface area contributed by atoms with Crippen LogP contribution in [0.3, 0.4) is 0 Å². The van der Waals surface area contributed by atoms with Gasteiger partial charge >= 0.3 is 6.09 Å². The summed E-state index contributed by atoms with van der Waals surface area (Å²) in [7, 11) is 0. The second kappa shape index (κ2) is 5.85. The summed E-state index contributed by atoms with van der Waals surface area (Å²) in [4.78, 5) is 26.2. The van der Waals surface area contributed by atoms with Crippen molar-refractivity contribution in [1.82, 2.24) is 0 Å². The maximum atomic E-state index is 12.4. The van der Waals surface area contributed by atoms with Gasteiger partial charge in [-0.25, -0.2) is 4.79 Å². The fourth-order valence-corrected chi connectivity index (χ4v) is 2.41. The van der Waals surface area contributed by atoms with Gasteiger partial charge in [0.25, 0.3) is 0 Å². The second-order valence-electron chi connectivity index (χ2n) is 6.18. The highest BCUT2D eigenvalue weighted by molar-refractivity contribution is 6.08. The molecule has 0 fully saturated rings. The number of anilines is 1. The molecule has 0 saturated carbocycles. The van der Waals surface area contributed by atoms with Crippen molar-refractivity contribution in [3.05, 3.63) is 29.8 Å². The molecule has 1 amide bonds. The van der Waals surface area contributed by atoms with Crippen molar-refractivity contribution in [2.24, 2.45) is 5.92 Å². The molecule has 0 saturated heterocycles. The zero-order valence-corrected chi connectivity index (χ0v) is 12.6. The number of nitrogens with zero attached hydrogens (tertiary/aromatic N) is 1. The number of ketones is 1. The fourth-order valence-electron chi connectivity index (χ4n) is 2.41. The average molecular weight is 291 g/mol. The summed E-state index contributed by atoms with van der Waals surface area (Å²) in [5.41, 5.74) is 0.485. The van der Waals surface area contributed by atoms with Gasteiger partial charge in [0.1, 0.15) is 5.60 Å². The maximum absolute atomic E-state index is 12.4. The van der Waals surface area contributed by atoms with Gasteiger partial charge < -0.3 is 9.84 Å². The summed E-state index contributed by atoms with van der Waals surface area (Å²) in [6.07, 6.45) is -0.127. The summed E-state index contributed by atoms with van der Waals surface area (Å²) in [5.74, 6) is -0.420. The Hall–Kier alpha value is -1.88. The zero-order valence-electron chi connectivity index (χ0n) is 12.6. The number of hydrogen-bond donors (Lipinski definition) is 1. The topological polar surface area (TPSA) is 66.8 Å². The average Bonchev–Trinajstić information content (AvgIpc) is 2.40. The maximum Gasteiger partial charge on any atom is 0.414 e. The molecule has 1 N–H and O–H groups in total. The number of para-hydroxylation sites is 1. The lowest BCUT2D eigenvalue weighted by molar-refractivity contribution is 0.0566. The van der Waals surface area contributed by atoms with E-state index in [9.17, 15) is 9.59 Å². The van der Waals surface area contributed by atoms with E-state index in [4.69, 9.17) is 9.84 Å². The summed E-state index contributed by atoms with van der Waals surface area (Å²) < 4.78 is 5.41. The molecule has 5 heteroatoms. The van der Waals surface area contributed by atoms with Gasteiger partial charge in [-0.2, -0.15) is 0 Å². The van der Waals surface area contributed by atoms with Crippen molar-refractivity contribution in [3.8, 4) is 0 Å². The van der Waals surface area contributed by atoms with E-state index >= 15 is 0 Å². The zero-order chi connectivity index (χ0) is 15.6. The third-order valence-corrected chi connectivity index (χ3v) is 3.33. The Morgan fingerprint density at radius 1 is 1.38 bits per heavy atom. The number of fused-ring (bicyclic) bond motifs is 1. The van der Waals surface area contributed by atoms with Crippen LogP contribution in [0.5, 0.6) is 0 Å². The smallest absolute Gasteiger partial charge is 0.414 e. The normalized spacial score (nSPS) is 18.4. The van der Waals surface area contributed by atoms with Gasteiger partial charge in [-0.1, -0.05) is 12.1 Å². The van der Waals surface area contributed by atoms with Gasteiger partial charge in [-0.15, -0.1) is 0 Å². The van der Waals surface area contributed by atoms with Crippen molar-refractivity contribution >= 4 is 17.6 Å². The quantitative estimate of drug-likeness (QED) is 0.909. The summed E-state index contributed by atoms with van der Waals surface area (Å²) in [5, 5.41) is 9.11. The van der Waals surface area contributed by atoms with Crippen LogP contribution in [0, 0.1) is 5.92 Å². The van der Waals surface area contributed by atoms with Crippen LogP contribution >= 0.6 is 0 Å². The molecule has 1 atom stereocenters. The molecule has 0 radical (unpaired) electrons. The van der Waals surface area contributed by atoms with E-state index in [1.807, 2.05) is 0 Å². The van der Waals surface area contributed by atoms with E-state index in [1.54, 1.807) is 45.0 Å². The van der Waals surface area contributed by atoms with Crippen molar-refractivity contribution in [2.45, 2.75) is 32.8 Å². The highest BCUT2D eigenvalue weighted by Gasteiger charge is 2.36. The molecular weight excluding hydrogens is 270 g/mol. The van der Waals surface area contributed by atoms with E-state index in [2.05, 4.69) is 0 Å². The Morgan fingerprint density at radius 3 is 2.67 bits per heavy atom. The Labute approximate surface area is 124 Å². The number of benzene rings is 1. The Bertz CT molecular complexity index is 547. The molecule has 114 valence electrons. The van der Waals surface area contributed by atoms with Crippen molar-refractivity contribution in [2.75, 3.05) is 18.1 Å². The lowest BCUT2D eigenvalue weighted by atomic mass is 9.89. The molecular formula is C16H21NO4. The largest absolute Gasteiger partial charge is 0.443 e. The fraction of sp³-hybridized carbons (Fsp3) is 0.500. The van der Waals surface area contributed by atoms with Gasteiger partial charge in [-0.3, -0.25) is 9.69 Å². The number of ether oxygens (including phenoxy) is 1. The van der Waals surface area contributed by atoms with E-state index in [1.165, 1.54) is 4.90 Å². The van der Waals surface area contributed by atoms with E-state index in [0.717, 1.165) is 0 Å². The third-order valence-electron chi connectivity index (χ3n) is 3.33. The number of hydrogen-bond acceptors (Lipinski definition) is 4. The van der Waals surface area contributed by atoms with Crippen LogP contribution in [0.1, 0.15) is 37.6 Å². The molecule has 0 bridgehead atoms. The summed E-state index contributed by atoms with van der Waals surface area (Å²) in [6.45, 7) is 5.57. The second-order valence-corrected chi connectivity index (χ2v) is 6.18. The predicted molar refractivity (Wildman–Crippen MR) is 79.5 cm³/mol. The minimum absolute atomic E-state index is 0.0283. The van der Waals surface area contributed by atoms with E-state index in [0.29, 0.717) is 17.7 Å². The first-order valence-corrected chi connectivity index (χ1v) is 7.08. The molecule has 1 aliphatic heterocycles. The first-order valence-electron chi connectivity index (χ1n) is 7.08. The standard InChI is InChI=1S/C16H21NO4/c1-16(2,3)21-15(20)17-10-11(8-9-18)14(19)12-6-4-5-7-13(12)17/h4-7,11,18H,8-10H2,1-3H3. The summed E-state index contributed by atoms with van der Waals surface area (Å²) >= 11 is 0. The van der Waals surface area contributed by atoms with Gasteiger partial charge in [0, 0.05) is 24.6 Å². The van der Waals surface area contributed by atoms with Crippen LogP contribution in [0.15, 0.2) is 24.3 Å². The number of rotatable bonds is 2. The Balaban J connectivity index is 2.34. The Morgan fingerprint density at radius 2 is 2.05 bits per heavy atom. The van der Waals surface area contributed by atoms with Gasteiger partial charge in [-0.05, 0) is 39.3 Å². The Kier molecular flexibility index (Phi) is 4.32. The minimum Gasteiger partial charge on any atom is -0.443 e. The number of carbonyl (C=O) groups excluding carboxylic acids is 2. The van der Waals surface area contributed by atoms with E-state index < -0.39 is 17.6 Å². The molecule has 0 spiro atoms. The summed E-state index contributed by atoms with van der Waals surface area (Å²) in [6, 6.07) is 7.01. The van der Waals surface area contributed by atoms with Crippen LogP contribution in [0.4, 0.5) is 10.5 Å². The molecule has 5 nitrogen and oxygen atoms in total.